The van der Waals surface area contributed by atoms with Crippen LogP contribution in [0.5, 0.6) is 0 Å². The Bertz CT molecular complexity index is 244. The molecule has 1 aliphatic heterocycles. The first-order chi connectivity index (χ1) is 9.15. The molecule has 1 N–H and O–H groups in total. The van der Waals surface area contributed by atoms with E-state index in [0.29, 0.717) is 5.41 Å². The van der Waals surface area contributed by atoms with Gasteiger partial charge in [-0.05, 0) is 69.9 Å². The Hall–Kier alpha value is -0.0800. The molecule has 2 fully saturated rings. The van der Waals surface area contributed by atoms with Gasteiger partial charge in [0, 0.05) is 19.1 Å². The van der Waals surface area contributed by atoms with E-state index in [9.17, 15) is 0 Å². The third-order valence-corrected chi connectivity index (χ3v) is 5.53. The minimum Gasteiger partial charge on any atom is -0.316 e. The largest absolute Gasteiger partial charge is 0.316 e. The molecule has 19 heavy (non-hydrogen) atoms. The lowest BCUT2D eigenvalue weighted by Gasteiger charge is -2.44. The van der Waals surface area contributed by atoms with Gasteiger partial charge in [-0.1, -0.05) is 20.3 Å². The summed E-state index contributed by atoms with van der Waals surface area (Å²) in [4.78, 5) is 2.70. The molecule has 0 aromatic heterocycles. The predicted molar refractivity (Wildman–Crippen MR) is 83.5 cm³/mol. The maximum atomic E-state index is 3.65. The Morgan fingerprint density at radius 2 is 1.95 bits per heavy atom. The lowest BCUT2D eigenvalue weighted by atomic mass is 9.76. The van der Waals surface area contributed by atoms with Crippen LogP contribution in [0, 0.1) is 11.3 Å². The van der Waals surface area contributed by atoms with Gasteiger partial charge in [0.05, 0.1) is 0 Å². The van der Waals surface area contributed by atoms with E-state index >= 15 is 0 Å². The molecule has 1 saturated heterocycles. The van der Waals surface area contributed by atoms with Gasteiger partial charge in [0.1, 0.15) is 0 Å². The number of piperidine rings is 1. The van der Waals surface area contributed by atoms with Gasteiger partial charge >= 0.3 is 0 Å². The van der Waals surface area contributed by atoms with Gasteiger partial charge < -0.3 is 10.2 Å². The van der Waals surface area contributed by atoms with Gasteiger partial charge in [0.15, 0.2) is 0 Å². The van der Waals surface area contributed by atoms with Crippen molar-refractivity contribution in [2.24, 2.45) is 11.3 Å². The topological polar surface area (TPSA) is 15.3 Å². The van der Waals surface area contributed by atoms with E-state index in [1.54, 1.807) is 0 Å². The highest BCUT2D eigenvalue weighted by atomic mass is 15.1. The van der Waals surface area contributed by atoms with Gasteiger partial charge in [-0.3, -0.25) is 0 Å². The fourth-order valence-electron chi connectivity index (χ4n) is 4.33. The molecule has 0 aromatic rings. The number of rotatable bonds is 5. The van der Waals surface area contributed by atoms with Crippen LogP contribution < -0.4 is 5.32 Å². The van der Waals surface area contributed by atoms with Crippen molar-refractivity contribution in [1.29, 1.82) is 0 Å². The lowest BCUT2D eigenvalue weighted by molar-refractivity contribution is 0.0769. The minimum absolute atomic E-state index is 0.560. The zero-order valence-electron chi connectivity index (χ0n) is 13.4. The van der Waals surface area contributed by atoms with Crippen LogP contribution in [0.25, 0.3) is 0 Å². The maximum absolute atomic E-state index is 3.65. The summed E-state index contributed by atoms with van der Waals surface area (Å²) in [6.45, 7) is 8.55. The Balaban J connectivity index is 1.89. The smallest absolute Gasteiger partial charge is 0.00926 e. The second-order valence-corrected chi connectivity index (χ2v) is 7.36. The second-order valence-electron chi connectivity index (χ2n) is 7.36. The van der Waals surface area contributed by atoms with Crippen LogP contribution in [0.3, 0.4) is 0 Å². The molecule has 0 amide bonds. The average molecular weight is 266 g/mol. The normalized spacial score (nSPS) is 36.6. The Labute approximate surface area is 120 Å². The monoisotopic (exact) mass is 266 g/mol. The molecule has 2 nitrogen and oxygen atoms in total. The summed E-state index contributed by atoms with van der Waals surface area (Å²) in [5, 5.41) is 3.65. The standard InChI is InChI=1S/C17H34N2/c1-4-10-17(11-5-12-18-13-17)14-19(3)16-8-6-15(2)7-9-16/h15-16,18H,4-14H2,1-3H3. The van der Waals surface area contributed by atoms with Crippen molar-refractivity contribution in [3.8, 4) is 0 Å². The summed E-state index contributed by atoms with van der Waals surface area (Å²) in [5.41, 5.74) is 0.560. The van der Waals surface area contributed by atoms with Crippen LogP contribution in [-0.2, 0) is 0 Å². The zero-order valence-corrected chi connectivity index (χ0v) is 13.4. The Morgan fingerprint density at radius 1 is 1.21 bits per heavy atom. The number of nitrogens with one attached hydrogen (secondary N) is 1. The molecule has 1 saturated carbocycles. The van der Waals surface area contributed by atoms with Crippen LogP contribution in [0.1, 0.15) is 65.2 Å². The summed E-state index contributed by atoms with van der Waals surface area (Å²) < 4.78 is 0. The molecule has 1 unspecified atom stereocenters. The summed E-state index contributed by atoms with van der Waals surface area (Å²) in [6.07, 6.45) is 11.3. The highest BCUT2D eigenvalue weighted by molar-refractivity contribution is 4.89. The van der Waals surface area contributed by atoms with E-state index in [-0.39, 0.29) is 0 Å². The Kier molecular flexibility index (Phi) is 5.70. The second kappa shape index (κ2) is 7.08. The van der Waals surface area contributed by atoms with E-state index in [4.69, 9.17) is 0 Å². The molecule has 0 aromatic carbocycles. The number of hydrogen-bond donors (Lipinski definition) is 1. The average Bonchev–Trinajstić information content (AvgIpc) is 2.40. The van der Waals surface area contributed by atoms with E-state index in [1.807, 2.05) is 0 Å². The van der Waals surface area contributed by atoms with Crippen molar-refractivity contribution in [2.45, 2.75) is 71.3 Å². The van der Waals surface area contributed by atoms with Crippen LogP contribution in [0.2, 0.25) is 0 Å². The summed E-state index contributed by atoms with van der Waals surface area (Å²) in [6, 6.07) is 0.854. The summed E-state index contributed by atoms with van der Waals surface area (Å²) in [7, 11) is 2.38. The molecule has 2 heteroatoms. The fraction of sp³-hybridized carbons (Fsp3) is 1.00. The highest BCUT2D eigenvalue weighted by Gasteiger charge is 2.34. The highest BCUT2D eigenvalue weighted by Crippen LogP contribution is 2.35. The zero-order chi connectivity index (χ0) is 13.7. The van der Waals surface area contributed by atoms with Crippen molar-refractivity contribution in [1.82, 2.24) is 10.2 Å². The third kappa shape index (κ3) is 4.19. The molecule has 112 valence electrons. The van der Waals surface area contributed by atoms with E-state index < -0.39 is 0 Å². The molecule has 1 heterocycles. The van der Waals surface area contributed by atoms with Crippen molar-refractivity contribution >= 4 is 0 Å². The number of hydrogen-bond acceptors (Lipinski definition) is 2. The molecule has 0 radical (unpaired) electrons. The Morgan fingerprint density at radius 3 is 2.53 bits per heavy atom. The lowest BCUT2D eigenvalue weighted by Crippen LogP contribution is -2.49. The fourth-order valence-corrected chi connectivity index (χ4v) is 4.33. The van der Waals surface area contributed by atoms with Crippen molar-refractivity contribution < 1.29 is 0 Å². The first kappa shape index (κ1) is 15.3. The third-order valence-electron chi connectivity index (χ3n) is 5.53. The van der Waals surface area contributed by atoms with Crippen LogP contribution in [0.15, 0.2) is 0 Å². The molecular weight excluding hydrogens is 232 g/mol. The predicted octanol–water partition coefficient (Wildman–Crippen LogP) is 3.67. The van der Waals surface area contributed by atoms with Crippen LogP contribution >= 0.6 is 0 Å². The number of nitrogens with zero attached hydrogens (tertiary/aromatic N) is 1. The minimum atomic E-state index is 0.560. The maximum Gasteiger partial charge on any atom is 0.00926 e. The first-order valence-corrected chi connectivity index (χ1v) is 8.56. The van der Waals surface area contributed by atoms with E-state index in [1.165, 1.54) is 71.0 Å². The molecular formula is C17H34N2. The van der Waals surface area contributed by atoms with Gasteiger partial charge in [0.2, 0.25) is 0 Å². The molecule has 1 atom stereocenters. The van der Waals surface area contributed by atoms with Crippen molar-refractivity contribution in [3.05, 3.63) is 0 Å². The molecule has 2 rings (SSSR count). The SMILES string of the molecule is CCCC1(CN(C)C2CCC(C)CC2)CCCNC1. The molecule has 0 spiro atoms. The van der Waals surface area contributed by atoms with Crippen LogP contribution in [-0.4, -0.2) is 37.6 Å². The summed E-state index contributed by atoms with van der Waals surface area (Å²) in [5.74, 6) is 0.964. The molecule has 1 aliphatic carbocycles. The van der Waals surface area contributed by atoms with E-state index in [2.05, 4.69) is 31.1 Å². The van der Waals surface area contributed by atoms with Gasteiger partial charge in [0.25, 0.3) is 0 Å². The van der Waals surface area contributed by atoms with Gasteiger partial charge in [-0.15, -0.1) is 0 Å². The van der Waals surface area contributed by atoms with Crippen molar-refractivity contribution in [2.75, 3.05) is 26.7 Å². The quantitative estimate of drug-likeness (QED) is 0.817. The van der Waals surface area contributed by atoms with Crippen LogP contribution in [0.4, 0.5) is 0 Å². The summed E-state index contributed by atoms with van der Waals surface area (Å²) >= 11 is 0. The first-order valence-electron chi connectivity index (χ1n) is 8.56. The van der Waals surface area contributed by atoms with E-state index in [0.717, 1.165) is 12.0 Å². The van der Waals surface area contributed by atoms with Gasteiger partial charge in [-0.25, -0.2) is 0 Å². The van der Waals surface area contributed by atoms with Gasteiger partial charge in [-0.2, -0.15) is 0 Å². The molecule has 2 aliphatic rings. The molecule has 0 bridgehead atoms. The van der Waals surface area contributed by atoms with Crippen molar-refractivity contribution in [3.63, 3.8) is 0 Å².